The van der Waals surface area contributed by atoms with Crippen LogP contribution in [0, 0.1) is 6.92 Å². The number of aryl methyl sites for hydroxylation is 1. The van der Waals surface area contributed by atoms with Crippen LogP contribution in [0.15, 0.2) is 24.9 Å². The van der Waals surface area contributed by atoms with Gasteiger partial charge in [0.15, 0.2) is 0 Å². The molecule has 9 heteroatoms. The Kier molecular flexibility index (Phi) is 3.22. The zero-order chi connectivity index (χ0) is 14.8. The molecular formula is C12H15N9. The van der Waals surface area contributed by atoms with Gasteiger partial charge in [-0.15, -0.1) is 0 Å². The van der Waals surface area contributed by atoms with Gasteiger partial charge < -0.3 is 11.1 Å². The zero-order valence-electron chi connectivity index (χ0n) is 11.7. The fourth-order valence-corrected chi connectivity index (χ4v) is 1.84. The molecule has 3 aromatic rings. The van der Waals surface area contributed by atoms with Crippen molar-refractivity contribution in [3.63, 3.8) is 0 Å². The van der Waals surface area contributed by atoms with E-state index in [0.717, 1.165) is 11.3 Å². The fourth-order valence-electron chi connectivity index (χ4n) is 1.84. The number of hydrogen-bond donors (Lipinski definition) is 2. The molecule has 0 aromatic carbocycles. The fraction of sp³-hybridized carbons (Fsp3) is 0.250. The van der Waals surface area contributed by atoms with E-state index in [0.29, 0.717) is 18.4 Å². The Morgan fingerprint density at radius 2 is 2.14 bits per heavy atom. The molecule has 3 rings (SSSR count). The lowest BCUT2D eigenvalue weighted by Gasteiger charge is -2.07. The van der Waals surface area contributed by atoms with E-state index in [4.69, 9.17) is 5.73 Å². The maximum absolute atomic E-state index is 5.72. The third-order valence-electron chi connectivity index (χ3n) is 3.15. The first kappa shape index (κ1) is 13.0. The highest BCUT2D eigenvalue weighted by Crippen LogP contribution is 2.10. The van der Waals surface area contributed by atoms with Crippen molar-refractivity contribution in [3.8, 4) is 5.95 Å². The molecule has 0 aliphatic rings. The van der Waals surface area contributed by atoms with Crippen molar-refractivity contribution >= 4 is 11.9 Å². The Hall–Kier alpha value is -2.97. The van der Waals surface area contributed by atoms with Crippen molar-refractivity contribution in [2.75, 3.05) is 11.1 Å². The zero-order valence-corrected chi connectivity index (χ0v) is 11.7. The van der Waals surface area contributed by atoms with E-state index in [1.54, 1.807) is 23.3 Å². The molecule has 21 heavy (non-hydrogen) atoms. The lowest BCUT2D eigenvalue weighted by atomic mass is 10.2. The summed E-state index contributed by atoms with van der Waals surface area (Å²) in [5, 5.41) is 7.32. The maximum atomic E-state index is 5.72. The van der Waals surface area contributed by atoms with Crippen LogP contribution in [0.5, 0.6) is 0 Å². The molecule has 3 aromatic heterocycles. The van der Waals surface area contributed by atoms with Gasteiger partial charge in [0.2, 0.25) is 17.8 Å². The molecule has 0 spiro atoms. The number of hydrogen-bond acceptors (Lipinski definition) is 7. The molecule has 0 atom stereocenters. The first-order valence-electron chi connectivity index (χ1n) is 6.34. The Balaban J connectivity index is 1.81. The molecule has 3 heterocycles. The van der Waals surface area contributed by atoms with E-state index in [1.807, 2.05) is 24.9 Å². The van der Waals surface area contributed by atoms with Crippen molar-refractivity contribution in [1.29, 1.82) is 0 Å². The average Bonchev–Trinajstić information content (AvgIpc) is 3.09. The number of imidazole rings is 1. The summed E-state index contributed by atoms with van der Waals surface area (Å²) in [7, 11) is 1.90. The molecule has 0 saturated carbocycles. The smallest absolute Gasteiger partial charge is 0.241 e. The molecule has 0 unspecified atom stereocenters. The van der Waals surface area contributed by atoms with E-state index in [-0.39, 0.29) is 5.95 Å². The minimum absolute atomic E-state index is 0.152. The van der Waals surface area contributed by atoms with Crippen LogP contribution in [0.2, 0.25) is 0 Å². The van der Waals surface area contributed by atoms with E-state index < -0.39 is 0 Å². The summed E-state index contributed by atoms with van der Waals surface area (Å²) in [6.45, 7) is 2.56. The van der Waals surface area contributed by atoms with Gasteiger partial charge in [-0.05, 0) is 6.92 Å². The Morgan fingerprint density at radius 3 is 2.81 bits per heavy atom. The second-order valence-corrected chi connectivity index (χ2v) is 4.52. The second kappa shape index (κ2) is 5.19. The standard InChI is InChI=1S/C12H15N9/c1-8-9(6-16-20(8)2)5-15-11-17-10(13)18-12(19-11)21-4-3-14-7-21/h3-4,6-7H,5H2,1-2H3,(H3,13,15,17,18,19). The molecule has 9 nitrogen and oxygen atoms in total. The maximum Gasteiger partial charge on any atom is 0.241 e. The molecule has 0 saturated heterocycles. The largest absolute Gasteiger partial charge is 0.368 e. The highest BCUT2D eigenvalue weighted by molar-refractivity contribution is 5.36. The third kappa shape index (κ3) is 2.66. The van der Waals surface area contributed by atoms with Crippen LogP contribution in [-0.4, -0.2) is 34.3 Å². The van der Waals surface area contributed by atoms with Gasteiger partial charge in [0.1, 0.15) is 6.33 Å². The molecule has 108 valence electrons. The van der Waals surface area contributed by atoms with Crippen molar-refractivity contribution in [1.82, 2.24) is 34.3 Å². The van der Waals surface area contributed by atoms with E-state index >= 15 is 0 Å². The Morgan fingerprint density at radius 1 is 1.29 bits per heavy atom. The van der Waals surface area contributed by atoms with E-state index in [9.17, 15) is 0 Å². The predicted octanol–water partition coefficient (Wildman–Crippen LogP) is 0.294. The highest BCUT2D eigenvalue weighted by Gasteiger charge is 2.08. The highest BCUT2D eigenvalue weighted by atomic mass is 15.3. The summed E-state index contributed by atoms with van der Waals surface area (Å²) in [5.41, 5.74) is 7.87. The number of anilines is 2. The molecule has 0 aliphatic heterocycles. The number of nitrogen functional groups attached to an aromatic ring is 1. The molecule has 0 bridgehead atoms. The number of nitrogens with zero attached hydrogens (tertiary/aromatic N) is 7. The number of nitrogens with one attached hydrogen (secondary N) is 1. The first-order valence-corrected chi connectivity index (χ1v) is 6.34. The topological polar surface area (TPSA) is 112 Å². The van der Waals surface area contributed by atoms with Gasteiger partial charge in [0.25, 0.3) is 0 Å². The lowest BCUT2D eigenvalue weighted by molar-refractivity contribution is 0.738. The molecule has 0 fully saturated rings. The van der Waals surface area contributed by atoms with Gasteiger partial charge in [0.05, 0.1) is 6.20 Å². The predicted molar refractivity (Wildman–Crippen MR) is 76.6 cm³/mol. The van der Waals surface area contributed by atoms with Crippen LogP contribution in [0.1, 0.15) is 11.3 Å². The van der Waals surface area contributed by atoms with Crippen molar-refractivity contribution in [2.45, 2.75) is 13.5 Å². The van der Waals surface area contributed by atoms with Crippen LogP contribution in [-0.2, 0) is 13.6 Å². The van der Waals surface area contributed by atoms with Gasteiger partial charge >= 0.3 is 0 Å². The van der Waals surface area contributed by atoms with Crippen LogP contribution in [0.3, 0.4) is 0 Å². The Bertz CT molecular complexity index is 744. The van der Waals surface area contributed by atoms with E-state index in [2.05, 4.69) is 30.4 Å². The summed E-state index contributed by atoms with van der Waals surface area (Å²) >= 11 is 0. The van der Waals surface area contributed by atoms with E-state index in [1.165, 1.54) is 0 Å². The summed E-state index contributed by atoms with van der Waals surface area (Å²) in [6.07, 6.45) is 6.80. The number of nitrogens with two attached hydrogens (primary N) is 1. The summed E-state index contributed by atoms with van der Waals surface area (Å²) in [5.74, 6) is 0.985. The average molecular weight is 285 g/mol. The van der Waals surface area contributed by atoms with Gasteiger partial charge in [-0.3, -0.25) is 9.25 Å². The minimum Gasteiger partial charge on any atom is -0.368 e. The van der Waals surface area contributed by atoms with Crippen molar-refractivity contribution in [2.24, 2.45) is 7.05 Å². The van der Waals surface area contributed by atoms with Gasteiger partial charge in [-0.1, -0.05) is 0 Å². The normalized spacial score (nSPS) is 10.8. The molecule has 0 aliphatic carbocycles. The SMILES string of the molecule is Cc1c(CNc2nc(N)nc(-n3ccnc3)n2)cnn1C. The van der Waals surface area contributed by atoms with Crippen LogP contribution < -0.4 is 11.1 Å². The lowest BCUT2D eigenvalue weighted by Crippen LogP contribution is -2.10. The first-order chi connectivity index (χ1) is 10.1. The minimum atomic E-state index is 0.152. The number of aromatic nitrogens is 7. The van der Waals surface area contributed by atoms with Gasteiger partial charge in [-0.25, -0.2) is 4.98 Å². The monoisotopic (exact) mass is 285 g/mol. The van der Waals surface area contributed by atoms with Crippen LogP contribution >= 0.6 is 0 Å². The van der Waals surface area contributed by atoms with Crippen molar-refractivity contribution < 1.29 is 0 Å². The number of rotatable bonds is 4. The van der Waals surface area contributed by atoms with Crippen LogP contribution in [0.4, 0.5) is 11.9 Å². The second-order valence-electron chi connectivity index (χ2n) is 4.52. The molecule has 3 N–H and O–H groups in total. The quantitative estimate of drug-likeness (QED) is 0.708. The Labute approximate surface area is 120 Å². The summed E-state index contributed by atoms with van der Waals surface area (Å²) in [4.78, 5) is 16.4. The van der Waals surface area contributed by atoms with Crippen LogP contribution in [0.25, 0.3) is 5.95 Å². The molecule has 0 amide bonds. The van der Waals surface area contributed by atoms with Gasteiger partial charge in [-0.2, -0.15) is 20.1 Å². The van der Waals surface area contributed by atoms with Crippen molar-refractivity contribution in [3.05, 3.63) is 36.2 Å². The molecular weight excluding hydrogens is 270 g/mol. The van der Waals surface area contributed by atoms with Gasteiger partial charge in [0, 0.05) is 37.2 Å². The molecule has 0 radical (unpaired) electrons. The summed E-state index contributed by atoms with van der Waals surface area (Å²) in [6, 6.07) is 0. The third-order valence-corrected chi connectivity index (χ3v) is 3.15. The summed E-state index contributed by atoms with van der Waals surface area (Å²) < 4.78 is 3.48.